The Morgan fingerprint density at radius 1 is 1.10 bits per heavy atom. The first-order chi connectivity index (χ1) is 9.40. The molecular weight excluding hydrogens is 282 g/mol. The zero-order valence-electron chi connectivity index (χ0n) is 10.1. The number of anilines is 1. The van der Waals surface area contributed by atoms with Gasteiger partial charge in [0, 0.05) is 5.69 Å². The van der Waals surface area contributed by atoms with Crippen LogP contribution in [0, 0.1) is 0 Å². The lowest BCUT2D eigenvalue weighted by molar-refractivity contribution is -0.268. The molecule has 7 heteroatoms. The fraction of sp³-hybridized carbons (Fsp3) is 0. The quantitative estimate of drug-likeness (QED) is 0.882. The topological polar surface area (TPSA) is 107 Å². The number of nitrogens with one attached hydrogen (secondary N) is 1. The normalized spacial score (nSPS) is 11.0. The molecule has 0 aliphatic rings. The van der Waals surface area contributed by atoms with Gasteiger partial charge in [-0.2, -0.15) is 0 Å². The van der Waals surface area contributed by atoms with Gasteiger partial charge in [0.1, 0.15) is 0 Å². The van der Waals surface area contributed by atoms with Gasteiger partial charge in [-0.25, -0.2) is 13.2 Å². The molecule has 0 fully saturated rings. The second-order valence-electron chi connectivity index (χ2n) is 3.93. The first-order valence-corrected chi connectivity index (χ1v) is 7.01. The Balaban J connectivity index is 2.31. The molecule has 6 nitrogen and oxygen atoms in total. The summed E-state index contributed by atoms with van der Waals surface area (Å²) >= 11 is 0. The highest BCUT2D eigenvalue weighted by molar-refractivity contribution is 7.92. The van der Waals surface area contributed by atoms with E-state index in [1.54, 1.807) is 18.2 Å². The maximum Gasteiger partial charge on any atom is 0.335 e. The molecule has 0 aliphatic heterocycles. The molecule has 2 aromatic carbocycles. The van der Waals surface area contributed by atoms with Crippen molar-refractivity contribution in [3.05, 3.63) is 54.1 Å². The molecule has 20 heavy (non-hydrogen) atoms. The van der Waals surface area contributed by atoms with Gasteiger partial charge in [0.15, 0.2) is 0 Å². The molecule has 0 bridgehead atoms. The van der Waals surface area contributed by atoms with E-state index in [-0.39, 0.29) is 10.6 Å². The zero-order valence-corrected chi connectivity index (χ0v) is 10.9. The van der Waals surface area contributed by atoms with Crippen molar-refractivity contribution in [1.29, 1.82) is 0 Å². The highest BCUT2D eigenvalue weighted by Gasteiger charge is 2.14. The van der Waals surface area contributed by atoms with Gasteiger partial charge in [-0.3, -0.25) is 4.72 Å². The molecule has 104 valence electrons. The molecule has 0 spiro atoms. The van der Waals surface area contributed by atoms with Gasteiger partial charge >= 0.3 is 5.97 Å². The van der Waals surface area contributed by atoms with Gasteiger partial charge in [0.25, 0.3) is 10.0 Å². The zero-order chi connectivity index (χ0) is 14.8. The molecule has 0 aliphatic carbocycles. The van der Waals surface area contributed by atoms with Gasteiger partial charge < -0.3 is 10.2 Å². The molecule has 0 amide bonds. The summed E-state index contributed by atoms with van der Waals surface area (Å²) < 4.78 is 26.2. The van der Waals surface area contributed by atoms with Gasteiger partial charge in [-0.05, 0) is 30.3 Å². The van der Waals surface area contributed by atoms with Crippen LogP contribution in [0.4, 0.5) is 5.69 Å². The predicted molar refractivity (Wildman–Crippen MR) is 70.1 cm³/mol. The number of carbonyl (C=O) groups is 1. The van der Waals surface area contributed by atoms with Crippen molar-refractivity contribution in [2.24, 2.45) is 0 Å². The predicted octanol–water partition coefficient (Wildman–Crippen LogP) is 1.26. The summed E-state index contributed by atoms with van der Waals surface area (Å²) in [6.07, 6.45) is 0. The molecule has 0 saturated carbocycles. The molecular formula is C13H10NO5S-. The third kappa shape index (κ3) is 2.89. The maximum absolute atomic E-state index is 12.0. The SMILES string of the molecule is O=C(O)c1ccc(NS(=O)(=O)c2ccccc2)cc1[O-]. The van der Waals surface area contributed by atoms with E-state index in [0.29, 0.717) is 0 Å². The van der Waals surface area contributed by atoms with E-state index in [2.05, 4.69) is 4.72 Å². The third-order valence-electron chi connectivity index (χ3n) is 2.52. The van der Waals surface area contributed by atoms with Crippen LogP contribution in [0.3, 0.4) is 0 Å². The molecule has 0 saturated heterocycles. The van der Waals surface area contributed by atoms with Crippen molar-refractivity contribution < 1.29 is 23.4 Å². The molecule has 2 rings (SSSR count). The number of benzene rings is 2. The minimum Gasteiger partial charge on any atom is -0.872 e. The van der Waals surface area contributed by atoms with E-state index >= 15 is 0 Å². The Bertz CT molecular complexity index is 741. The second-order valence-corrected chi connectivity index (χ2v) is 5.62. The van der Waals surface area contributed by atoms with Crippen LogP contribution in [0.25, 0.3) is 0 Å². The molecule has 0 aromatic heterocycles. The van der Waals surface area contributed by atoms with Gasteiger partial charge in [0.2, 0.25) is 0 Å². The lowest BCUT2D eigenvalue weighted by atomic mass is 10.2. The number of hydrogen-bond acceptors (Lipinski definition) is 4. The fourth-order valence-corrected chi connectivity index (χ4v) is 2.65. The van der Waals surface area contributed by atoms with Crippen molar-refractivity contribution in [1.82, 2.24) is 0 Å². The lowest BCUT2D eigenvalue weighted by Crippen LogP contribution is -2.13. The molecule has 0 unspecified atom stereocenters. The van der Waals surface area contributed by atoms with E-state index < -0.39 is 27.3 Å². The summed E-state index contributed by atoms with van der Waals surface area (Å²) in [6.45, 7) is 0. The monoisotopic (exact) mass is 292 g/mol. The van der Waals surface area contributed by atoms with E-state index in [1.807, 2.05) is 0 Å². The van der Waals surface area contributed by atoms with Gasteiger partial charge in [-0.15, -0.1) is 0 Å². The van der Waals surface area contributed by atoms with E-state index in [0.717, 1.165) is 12.1 Å². The Morgan fingerprint density at radius 2 is 1.75 bits per heavy atom. The van der Waals surface area contributed by atoms with Crippen molar-refractivity contribution in [3.8, 4) is 5.75 Å². The van der Waals surface area contributed by atoms with Gasteiger partial charge in [0.05, 0.1) is 10.5 Å². The first-order valence-electron chi connectivity index (χ1n) is 5.52. The Morgan fingerprint density at radius 3 is 2.30 bits per heavy atom. The van der Waals surface area contributed by atoms with Crippen LogP contribution in [0.15, 0.2) is 53.4 Å². The van der Waals surface area contributed by atoms with Crippen LogP contribution in [0.2, 0.25) is 0 Å². The smallest absolute Gasteiger partial charge is 0.335 e. The Kier molecular flexibility index (Phi) is 3.62. The molecule has 0 atom stereocenters. The summed E-state index contributed by atoms with van der Waals surface area (Å²) in [7, 11) is -3.80. The maximum atomic E-state index is 12.0. The minimum atomic E-state index is -3.80. The highest BCUT2D eigenvalue weighted by atomic mass is 32.2. The number of carboxylic acids is 1. The van der Waals surface area contributed by atoms with Crippen LogP contribution in [0.1, 0.15) is 10.4 Å². The van der Waals surface area contributed by atoms with Crippen molar-refractivity contribution in [2.45, 2.75) is 4.90 Å². The first kappa shape index (κ1) is 13.9. The van der Waals surface area contributed by atoms with Gasteiger partial charge in [-0.1, -0.05) is 23.9 Å². The van der Waals surface area contributed by atoms with E-state index in [9.17, 15) is 18.3 Å². The van der Waals surface area contributed by atoms with Crippen LogP contribution >= 0.6 is 0 Å². The standard InChI is InChI=1S/C13H11NO5S/c15-12-8-9(6-7-11(12)13(16)17)14-20(18,19)10-4-2-1-3-5-10/h1-8,14-15H,(H,16,17)/p-1. The number of carboxylic acid groups (broad SMARTS) is 1. The average Bonchev–Trinajstić information content (AvgIpc) is 2.39. The summed E-state index contributed by atoms with van der Waals surface area (Å²) in [6, 6.07) is 10.9. The van der Waals surface area contributed by atoms with Crippen LogP contribution in [0.5, 0.6) is 5.75 Å². The van der Waals surface area contributed by atoms with Crippen LogP contribution in [-0.4, -0.2) is 19.5 Å². The summed E-state index contributed by atoms with van der Waals surface area (Å²) in [4.78, 5) is 10.8. The number of rotatable bonds is 4. The van der Waals surface area contributed by atoms with E-state index in [1.165, 1.54) is 18.2 Å². The van der Waals surface area contributed by atoms with Crippen molar-refractivity contribution in [3.63, 3.8) is 0 Å². The highest BCUT2D eigenvalue weighted by Crippen LogP contribution is 2.22. The van der Waals surface area contributed by atoms with E-state index in [4.69, 9.17) is 5.11 Å². The van der Waals surface area contributed by atoms with Crippen molar-refractivity contribution >= 4 is 21.7 Å². The minimum absolute atomic E-state index is 0.0175. The number of aromatic carboxylic acids is 1. The molecule has 2 N–H and O–H groups in total. The fourth-order valence-electron chi connectivity index (χ4n) is 1.58. The summed E-state index contributed by atoms with van der Waals surface area (Å²) in [5.74, 6) is -2.11. The summed E-state index contributed by atoms with van der Waals surface area (Å²) in [5, 5.41) is 20.2. The van der Waals surface area contributed by atoms with Crippen LogP contribution < -0.4 is 9.83 Å². The number of hydrogen-bond donors (Lipinski definition) is 2. The Hall–Kier alpha value is -2.54. The molecule has 0 radical (unpaired) electrons. The molecule has 2 aromatic rings. The lowest BCUT2D eigenvalue weighted by Gasteiger charge is -2.13. The van der Waals surface area contributed by atoms with Crippen LogP contribution in [-0.2, 0) is 10.0 Å². The second kappa shape index (κ2) is 5.22. The van der Waals surface area contributed by atoms with Crippen molar-refractivity contribution in [2.75, 3.05) is 4.72 Å². The summed E-state index contributed by atoms with van der Waals surface area (Å²) in [5.41, 5.74) is -0.392. The Labute approximate surface area is 115 Å². The largest absolute Gasteiger partial charge is 0.872 e. The molecule has 0 heterocycles. The number of sulfonamides is 1. The third-order valence-corrected chi connectivity index (χ3v) is 3.91. The average molecular weight is 292 g/mol.